The van der Waals surface area contributed by atoms with Gasteiger partial charge < -0.3 is 19.3 Å². The molecule has 2 aromatic rings. The van der Waals surface area contributed by atoms with Gasteiger partial charge in [0.2, 0.25) is 0 Å². The lowest BCUT2D eigenvalue weighted by Gasteiger charge is -2.34. The number of piperazine rings is 1. The van der Waals surface area contributed by atoms with Crippen LogP contribution >= 0.6 is 0 Å². The number of hydrogen-bond acceptors (Lipinski definition) is 4. The summed E-state index contributed by atoms with van der Waals surface area (Å²) in [6.45, 7) is 4.35. The van der Waals surface area contributed by atoms with Crippen LogP contribution in [0.2, 0.25) is 0 Å². The lowest BCUT2D eigenvalue weighted by atomic mass is 10.0. The van der Waals surface area contributed by atoms with Crippen LogP contribution in [0, 0.1) is 0 Å². The minimum atomic E-state index is 0.806. The fourth-order valence-corrected chi connectivity index (χ4v) is 2.97. The monoisotopic (exact) mass is 312 g/mol. The first-order valence-electron chi connectivity index (χ1n) is 7.97. The summed E-state index contributed by atoms with van der Waals surface area (Å²) in [7, 11) is 5.54. The van der Waals surface area contributed by atoms with Gasteiger partial charge in [-0.2, -0.15) is 0 Å². The summed E-state index contributed by atoms with van der Waals surface area (Å²) in [5.74, 6) is 1.64. The van der Waals surface area contributed by atoms with Crippen LogP contribution in [0.3, 0.4) is 0 Å². The highest BCUT2D eigenvalue weighted by atomic mass is 16.5. The van der Waals surface area contributed by atoms with Crippen molar-refractivity contribution in [2.45, 2.75) is 0 Å². The SMILES string of the molecule is COc1ccc(-c2cccc(N3CCN(C)CC3)c2)c(OC)c1. The molecule has 0 bridgehead atoms. The highest BCUT2D eigenvalue weighted by molar-refractivity contribution is 5.74. The molecular weight excluding hydrogens is 288 g/mol. The largest absolute Gasteiger partial charge is 0.497 e. The lowest BCUT2D eigenvalue weighted by molar-refractivity contribution is 0.313. The standard InChI is InChI=1S/C19H24N2O2/c1-20-9-11-21(12-10-20)16-6-4-5-15(13-16)18-8-7-17(22-2)14-19(18)23-3/h4-8,13-14H,9-12H2,1-3H3. The Hall–Kier alpha value is -2.20. The third kappa shape index (κ3) is 3.42. The van der Waals surface area contributed by atoms with Crippen LogP contribution in [0.1, 0.15) is 0 Å². The van der Waals surface area contributed by atoms with Gasteiger partial charge in [-0.3, -0.25) is 0 Å². The number of nitrogens with zero attached hydrogens (tertiary/aromatic N) is 2. The van der Waals surface area contributed by atoms with Gasteiger partial charge in [0.15, 0.2) is 0 Å². The molecule has 4 nitrogen and oxygen atoms in total. The van der Waals surface area contributed by atoms with Crippen molar-refractivity contribution in [2.24, 2.45) is 0 Å². The molecule has 0 unspecified atom stereocenters. The number of anilines is 1. The number of hydrogen-bond donors (Lipinski definition) is 0. The van der Waals surface area contributed by atoms with E-state index in [1.807, 2.05) is 12.1 Å². The molecular formula is C19H24N2O2. The van der Waals surface area contributed by atoms with Crippen LogP contribution < -0.4 is 14.4 Å². The van der Waals surface area contributed by atoms with E-state index in [1.165, 1.54) is 11.3 Å². The van der Waals surface area contributed by atoms with Crippen molar-refractivity contribution in [3.05, 3.63) is 42.5 Å². The van der Waals surface area contributed by atoms with Gasteiger partial charge in [-0.15, -0.1) is 0 Å². The predicted octanol–water partition coefficient (Wildman–Crippen LogP) is 3.12. The van der Waals surface area contributed by atoms with E-state index in [0.717, 1.165) is 43.2 Å². The van der Waals surface area contributed by atoms with Gasteiger partial charge in [-0.1, -0.05) is 12.1 Å². The van der Waals surface area contributed by atoms with E-state index in [-0.39, 0.29) is 0 Å². The fraction of sp³-hybridized carbons (Fsp3) is 0.368. The Morgan fingerprint density at radius 2 is 1.65 bits per heavy atom. The van der Waals surface area contributed by atoms with Crippen LogP contribution in [0.15, 0.2) is 42.5 Å². The van der Waals surface area contributed by atoms with Crippen molar-refractivity contribution in [3.63, 3.8) is 0 Å². The van der Waals surface area contributed by atoms with Gasteiger partial charge in [0, 0.05) is 43.5 Å². The average molecular weight is 312 g/mol. The maximum atomic E-state index is 5.54. The summed E-state index contributed by atoms with van der Waals surface area (Å²) in [4.78, 5) is 4.81. The molecule has 3 rings (SSSR count). The Bertz CT molecular complexity index is 664. The summed E-state index contributed by atoms with van der Waals surface area (Å²) in [6.07, 6.45) is 0. The van der Waals surface area contributed by atoms with Crippen LogP contribution in [-0.4, -0.2) is 52.3 Å². The van der Waals surface area contributed by atoms with E-state index in [4.69, 9.17) is 9.47 Å². The molecule has 0 aromatic heterocycles. The second-order valence-corrected chi connectivity index (χ2v) is 5.91. The Morgan fingerprint density at radius 3 is 2.35 bits per heavy atom. The van der Waals surface area contributed by atoms with Gasteiger partial charge in [0.1, 0.15) is 11.5 Å². The maximum Gasteiger partial charge on any atom is 0.130 e. The topological polar surface area (TPSA) is 24.9 Å². The van der Waals surface area contributed by atoms with E-state index < -0.39 is 0 Å². The smallest absolute Gasteiger partial charge is 0.130 e. The molecule has 4 heteroatoms. The molecule has 2 aromatic carbocycles. The molecule has 1 aliphatic heterocycles. The molecule has 1 aliphatic rings. The zero-order chi connectivity index (χ0) is 16.2. The molecule has 1 fully saturated rings. The highest BCUT2D eigenvalue weighted by Crippen LogP contribution is 2.35. The third-order valence-electron chi connectivity index (χ3n) is 4.43. The Morgan fingerprint density at radius 1 is 0.870 bits per heavy atom. The molecule has 0 saturated carbocycles. The van der Waals surface area contributed by atoms with Crippen molar-refractivity contribution in [1.82, 2.24) is 4.90 Å². The zero-order valence-electron chi connectivity index (χ0n) is 14.1. The second-order valence-electron chi connectivity index (χ2n) is 5.91. The maximum absolute atomic E-state index is 5.54. The van der Waals surface area contributed by atoms with Gasteiger partial charge in [0.25, 0.3) is 0 Å². The number of methoxy groups -OCH3 is 2. The van der Waals surface area contributed by atoms with E-state index >= 15 is 0 Å². The molecule has 0 spiro atoms. The van der Waals surface area contributed by atoms with Gasteiger partial charge >= 0.3 is 0 Å². The molecule has 1 heterocycles. The molecule has 1 saturated heterocycles. The predicted molar refractivity (Wildman–Crippen MR) is 94.7 cm³/mol. The summed E-state index contributed by atoms with van der Waals surface area (Å²) in [5.41, 5.74) is 3.53. The van der Waals surface area contributed by atoms with E-state index in [0.29, 0.717) is 0 Å². The molecule has 0 atom stereocenters. The number of benzene rings is 2. The van der Waals surface area contributed by atoms with E-state index in [9.17, 15) is 0 Å². The first-order chi connectivity index (χ1) is 11.2. The summed E-state index contributed by atoms with van der Waals surface area (Å²) in [6, 6.07) is 14.6. The van der Waals surface area contributed by atoms with E-state index in [1.54, 1.807) is 14.2 Å². The van der Waals surface area contributed by atoms with Crippen molar-refractivity contribution in [2.75, 3.05) is 52.3 Å². The van der Waals surface area contributed by atoms with Crippen LogP contribution in [0.25, 0.3) is 11.1 Å². The fourth-order valence-electron chi connectivity index (χ4n) is 2.97. The molecule has 23 heavy (non-hydrogen) atoms. The van der Waals surface area contributed by atoms with Crippen molar-refractivity contribution in [3.8, 4) is 22.6 Å². The Kier molecular flexibility index (Phi) is 4.72. The van der Waals surface area contributed by atoms with Gasteiger partial charge in [0.05, 0.1) is 14.2 Å². The van der Waals surface area contributed by atoms with Crippen LogP contribution in [0.4, 0.5) is 5.69 Å². The average Bonchev–Trinajstić information content (AvgIpc) is 2.62. The minimum Gasteiger partial charge on any atom is -0.497 e. The zero-order valence-corrected chi connectivity index (χ0v) is 14.1. The van der Waals surface area contributed by atoms with Crippen LogP contribution in [-0.2, 0) is 0 Å². The van der Waals surface area contributed by atoms with Gasteiger partial charge in [-0.25, -0.2) is 0 Å². The van der Waals surface area contributed by atoms with Crippen molar-refractivity contribution in [1.29, 1.82) is 0 Å². The number of ether oxygens (including phenoxy) is 2. The highest BCUT2D eigenvalue weighted by Gasteiger charge is 2.15. The van der Waals surface area contributed by atoms with Crippen molar-refractivity contribution < 1.29 is 9.47 Å². The molecule has 0 aliphatic carbocycles. The first kappa shape index (κ1) is 15.7. The molecule has 0 radical (unpaired) electrons. The lowest BCUT2D eigenvalue weighted by Crippen LogP contribution is -2.44. The summed E-state index contributed by atoms with van der Waals surface area (Å²) >= 11 is 0. The molecule has 0 amide bonds. The summed E-state index contributed by atoms with van der Waals surface area (Å²) < 4.78 is 10.8. The van der Waals surface area contributed by atoms with Crippen LogP contribution in [0.5, 0.6) is 11.5 Å². The third-order valence-corrected chi connectivity index (χ3v) is 4.43. The van der Waals surface area contributed by atoms with Gasteiger partial charge in [-0.05, 0) is 36.9 Å². The second kappa shape index (κ2) is 6.92. The quantitative estimate of drug-likeness (QED) is 0.866. The van der Waals surface area contributed by atoms with E-state index in [2.05, 4.69) is 47.2 Å². The Balaban J connectivity index is 1.90. The normalized spacial score (nSPS) is 15.5. The minimum absolute atomic E-state index is 0.806. The molecule has 0 N–H and O–H groups in total. The molecule has 122 valence electrons. The first-order valence-corrected chi connectivity index (χ1v) is 7.97. The number of rotatable bonds is 4. The number of likely N-dealkylation sites (N-methyl/N-ethyl adjacent to an activating group) is 1. The van der Waals surface area contributed by atoms with Crippen molar-refractivity contribution >= 4 is 5.69 Å². The Labute approximate surface area is 138 Å². The summed E-state index contributed by atoms with van der Waals surface area (Å²) in [5, 5.41) is 0.